The van der Waals surface area contributed by atoms with E-state index in [0.717, 1.165) is 32.2 Å². The molecule has 2 bridgehead atoms. The van der Waals surface area contributed by atoms with Crippen molar-refractivity contribution in [2.75, 3.05) is 6.54 Å². The molecule has 2 fully saturated rings. The maximum atomic E-state index is 12.6. The molecule has 1 amide bonds. The number of rotatable bonds is 4. The summed E-state index contributed by atoms with van der Waals surface area (Å²) >= 11 is 1.86. The van der Waals surface area contributed by atoms with Gasteiger partial charge in [-0.25, -0.2) is 4.98 Å². The van der Waals surface area contributed by atoms with Gasteiger partial charge >= 0.3 is 0 Å². The van der Waals surface area contributed by atoms with E-state index in [9.17, 15) is 4.79 Å². The van der Waals surface area contributed by atoms with Crippen LogP contribution in [-0.4, -0.2) is 23.5 Å². The molecule has 25 heavy (non-hydrogen) atoms. The number of thiazole rings is 1. The summed E-state index contributed by atoms with van der Waals surface area (Å²) in [5.74, 6) is 1.57. The van der Waals surface area contributed by atoms with E-state index in [-0.39, 0.29) is 24.2 Å². The molecule has 3 N–H and O–H groups in total. The molecular weight excluding hydrogens is 354 g/mol. The molecule has 1 aromatic heterocycles. The van der Waals surface area contributed by atoms with Gasteiger partial charge in [-0.15, -0.1) is 23.7 Å². The predicted octanol–water partition coefficient (Wildman–Crippen LogP) is 3.26. The molecule has 2 unspecified atom stereocenters. The highest BCUT2D eigenvalue weighted by Gasteiger charge is 2.40. The second kappa shape index (κ2) is 8.36. The van der Waals surface area contributed by atoms with E-state index in [0.29, 0.717) is 17.9 Å². The molecule has 0 radical (unpaired) electrons. The van der Waals surface area contributed by atoms with Gasteiger partial charge in [0.1, 0.15) is 0 Å². The van der Waals surface area contributed by atoms with E-state index < -0.39 is 0 Å². The Balaban J connectivity index is 0.00000182. The van der Waals surface area contributed by atoms with Crippen LogP contribution in [0.3, 0.4) is 0 Å². The van der Waals surface area contributed by atoms with Crippen molar-refractivity contribution in [2.45, 2.75) is 70.3 Å². The zero-order valence-electron chi connectivity index (χ0n) is 14.8. The summed E-state index contributed by atoms with van der Waals surface area (Å²) in [4.78, 5) is 18.8. The molecule has 140 valence electrons. The van der Waals surface area contributed by atoms with Crippen LogP contribution in [0.4, 0.5) is 0 Å². The first-order valence-corrected chi connectivity index (χ1v) is 10.5. The van der Waals surface area contributed by atoms with Crippen molar-refractivity contribution in [1.82, 2.24) is 10.3 Å². The first kappa shape index (κ1) is 19.1. The zero-order valence-corrected chi connectivity index (χ0v) is 16.5. The van der Waals surface area contributed by atoms with Crippen molar-refractivity contribution in [3.05, 3.63) is 15.6 Å². The molecule has 2 saturated carbocycles. The highest BCUT2D eigenvalue weighted by atomic mass is 35.5. The third kappa shape index (κ3) is 4.20. The second-order valence-corrected chi connectivity index (χ2v) is 9.09. The standard InChI is InChI=1S/C19H29N3OS.ClH/c20-18-12-4-3-5-13(18)11-14(10-12)19(23)21-9-8-17-22-15-6-1-2-7-16(15)24-17;/h12-14,18H,1-11,20H2,(H,21,23);1H. The van der Waals surface area contributed by atoms with E-state index in [1.165, 1.54) is 54.1 Å². The quantitative estimate of drug-likeness (QED) is 0.838. The van der Waals surface area contributed by atoms with Crippen molar-refractivity contribution in [2.24, 2.45) is 23.5 Å². The van der Waals surface area contributed by atoms with Crippen LogP contribution in [0.1, 0.15) is 60.5 Å². The molecule has 3 aliphatic carbocycles. The van der Waals surface area contributed by atoms with E-state index in [2.05, 4.69) is 5.32 Å². The highest BCUT2D eigenvalue weighted by molar-refractivity contribution is 7.11. The van der Waals surface area contributed by atoms with Crippen LogP contribution in [-0.2, 0) is 24.1 Å². The van der Waals surface area contributed by atoms with E-state index in [4.69, 9.17) is 10.7 Å². The van der Waals surface area contributed by atoms with Crippen LogP contribution in [0, 0.1) is 17.8 Å². The van der Waals surface area contributed by atoms with Crippen LogP contribution in [0.15, 0.2) is 0 Å². The summed E-state index contributed by atoms with van der Waals surface area (Å²) in [5, 5.41) is 4.37. The number of aryl methyl sites for hydroxylation is 2. The lowest BCUT2D eigenvalue weighted by Gasteiger charge is -2.43. The first-order valence-electron chi connectivity index (χ1n) is 9.71. The number of hydrogen-bond acceptors (Lipinski definition) is 4. The summed E-state index contributed by atoms with van der Waals surface area (Å²) in [7, 11) is 0. The smallest absolute Gasteiger partial charge is 0.223 e. The topological polar surface area (TPSA) is 68.0 Å². The Morgan fingerprint density at radius 3 is 2.60 bits per heavy atom. The SMILES string of the molecule is Cl.NC1C2CCCC1CC(C(=O)NCCc1nc3c(s1)CCCC3)C2. The maximum Gasteiger partial charge on any atom is 0.223 e. The van der Waals surface area contributed by atoms with Gasteiger partial charge in [0.15, 0.2) is 0 Å². The van der Waals surface area contributed by atoms with Gasteiger partial charge in [-0.2, -0.15) is 0 Å². The lowest BCUT2D eigenvalue weighted by Crippen LogP contribution is -2.49. The van der Waals surface area contributed by atoms with Gasteiger partial charge in [-0.1, -0.05) is 6.42 Å². The summed E-state index contributed by atoms with van der Waals surface area (Å²) in [5.41, 5.74) is 7.65. The number of fused-ring (bicyclic) bond motifs is 3. The van der Waals surface area contributed by atoms with Crippen molar-refractivity contribution in [3.8, 4) is 0 Å². The number of nitrogens with zero attached hydrogens (tertiary/aromatic N) is 1. The second-order valence-electron chi connectivity index (χ2n) is 7.92. The Kier molecular flexibility index (Phi) is 6.39. The zero-order chi connectivity index (χ0) is 16.5. The van der Waals surface area contributed by atoms with Crippen molar-refractivity contribution in [3.63, 3.8) is 0 Å². The number of aromatic nitrogens is 1. The Hall–Kier alpha value is -0.650. The van der Waals surface area contributed by atoms with Gasteiger partial charge in [-0.05, 0) is 63.2 Å². The number of hydrogen-bond donors (Lipinski definition) is 2. The lowest BCUT2D eigenvalue weighted by molar-refractivity contribution is -0.127. The van der Waals surface area contributed by atoms with Gasteiger partial charge in [0.25, 0.3) is 0 Å². The highest BCUT2D eigenvalue weighted by Crippen LogP contribution is 2.41. The van der Waals surface area contributed by atoms with Crippen LogP contribution >= 0.6 is 23.7 Å². The van der Waals surface area contributed by atoms with Gasteiger partial charge in [0.2, 0.25) is 5.91 Å². The number of halogens is 1. The normalized spacial score (nSPS) is 30.9. The summed E-state index contributed by atoms with van der Waals surface area (Å²) in [6.07, 6.45) is 11.5. The molecular formula is C19H30ClN3OS. The molecule has 1 heterocycles. The summed E-state index contributed by atoms with van der Waals surface area (Å²) in [6.45, 7) is 0.725. The molecule has 0 aliphatic heterocycles. The lowest BCUT2D eigenvalue weighted by atomic mass is 9.65. The van der Waals surface area contributed by atoms with Crippen LogP contribution in [0.5, 0.6) is 0 Å². The fourth-order valence-corrected chi connectivity index (χ4v) is 6.11. The van der Waals surface area contributed by atoms with Crippen LogP contribution in [0.25, 0.3) is 0 Å². The minimum absolute atomic E-state index is 0. The fourth-order valence-electron chi connectivity index (χ4n) is 4.95. The molecule has 6 heteroatoms. The van der Waals surface area contributed by atoms with Gasteiger partial charge in [0, 0.05) is 29.8 Å². The van der Waals surface area contributed by atoms with E-state index in [1.807, 2.05) is 11.3 Å². The third-order valence-electron chi connectivity index (χ3n) is 6.31. The van der Waals surface area contributed by atoms with E-state index >= 15 is 0 Å². The number of nitrogens with one attached hydrogen (secondary N) is 1. The first-order chi connectivity index (χ1) is 11.7. The monoisotopic (exact) mass is 383 g/mol. The molecule has 4 rings (SSSR count). The average Bonchev–Trinajstić information content (AvgIpc) is 2.97. The predicted molar refractivity (Wildman–Crippen MR) is 104 cm³/mol. The maximum absolute atomic E-state index is 12.6. The minimum atomic E-state index is 0. The number of nitrogens with two attached hydrogens (primary N) is 1. The molecule has 2 atom stereocenters. The molecule has 4 nitrogen and oxygen atoms in total. The molecule has 3 aliphatic rings. The fraction of sp³-hybridized carbons (Fsp3) is 0.789. The van der Waals surface area contributed by atoms with Crippen molar-refractivity contribution >= 4 is 29.7 Å². The summed E-state index contributed by atoms with van der Waals surface area (Å²) < 4.78 is 0. The average molecular weight is 384 g/mol. The molecule has 0 spiro atoms. The number of amides is 1. The van der Waals surface area contributed by atoms with Crippen LogP contribution < -0.4 is 11.1 Å². The number of carbonyl (C=O) groups excluding carboxylic acids is 1. The van der Waals surface area contributed by atoms with Crippen molar-refractivity contribution in [1.29, 1.82) is 0 Å². The molecule has 1 aromatic rings. The summed E-state index contributed by atoms with van der Waals surface area (Å²) in [6, 6.07) is 0.337. The van der Waals surface area contributed by atoms with Crippen molar-refractivity contribution < 1.29 is 4.79 Å². The Morgan fingerprint density at radius 1 is 1.16 bits per heavy atom. The van der Waals surface area contributed by atoms with Gasteiger partial charge < -0.3 is 11.1 Å². The number of carbonyl (C=O) groups is 1. The molecule has 0 saturated heterocycles. The Morgan fingerprint density at radius 2 is 1.88 bits per heavy atom. The Bertz CT molecular complexity index is 568. The largest absolute Gasteiger partial charge is 0.355 e. The Labute approximate surface area is 160 Å². The third-order valence-corrected chi connectivity index (χ3v) is 7.53. The van der Waals surface area contributed by atoms with E-state index in [1.54, 1.807) is 0 Å². The molecule has 0 aromatic carbocycles. The van der Waals surface area contributed by atoms with Crippen LogP contribution in [0.2, 0.25) is 0 Å². The van der Waals surface area contributed by atoms with Gasteiger partial charge in [-0.3, -0.25) is 4.79 Å². The minimum Gasteiger partial charge on any atom is -0.355 e. The van der Waals surface area contributed by atoms with Gasteiger partial charge in [0.05, 0.1) is 10.7 Å².